The molecular formula is C7H9N3S2. The minimum Gasteiger partial charge on any atom is -0.250 e. The molecule has 0 N–H and O–H groups in total. The van der Waals surface area contributed by atoms with Crippen LogP contribution < -0.4 is 0 Å². The summed E-state index contributed by atoms with van der Waals surface area (Å²) in [7, 11) is -0.173. The number of thiazole rings is 1. The third-order valence-corrected chi connectivity index (χ3v) is 3.43. The van der Waals surface area contributed by atoms with Crippen LogP contribution in [-0.4, -0.2) is 11.2 Å². The van der Waals surface area contributed by atoms with Crippen molar-refractivity contribution in [3.8, 4) is 6.19 Å². The van der Waals surface area contributed by atoms with Gasteiger partial charge in [0.25, 0.3) is 0 Å². The van der Waals surface area contributed by atoms with Gasteiger partial charge in [-0.3, -0.25) is 0 Å². The highest BCUT2D eigenvalue weighted by Crippen LogP contribution is 2.13. The molecule has 0 fully saturated rings. The average Bonchev–Trinajstić information content (AvgIpc) is 2.36. The molecule has 1 rings (SSSR count). The van der Waals surface area contributed by atoms with Crippen molar-refractivity contribution in [1.82, 2.24) is 4.98 Å². The Bertz CT molecular complexity index is 335. The summed E-state index contributed by atoms with van der Waals surface area (Å²) < 4.78 is 3.74. The summed E-state index contributed by atoms with van der Waals surface area (Å²) in [4.78, 5) is 5.33. The molecule has 0 saturated heterocycles. The molecule has 5 heteroatoms. The number of nitriles is 1. The van der Waals surface area contributed by atoms with Crippen LogP contribution in [0.1, 0.15) is 9.88 Å². The fraction of sp³-hybridized carbons (Fsp3) is 0.429. The van der Waals surface area contributed by atoms with E-state index in [1.165, 1.54) is 4.88 Å². The Morgan fingerprint density at radius 3 is 3.08 bits per heavy atom. The Hall–Kier alpha value is -0.730. The molecule has 0 amide bonds. The van der Waals surface area contributed by atoms with Crippen LogP contribution in [0, 0.1) is 18.4 Å². The smallest absolute Gasteiger partial charge is 0.212 e. The summed E-state index contributed by atoms with van der Waals surface area (Å²) in [6.45, 7) is 1.98. The molecule has 12 heavy (non-hydrogen) atoms. The van der Waals surface area contributed by atoms with Crippen molar-refractivity contribution in [2.45, 2.75) is 12.7 Å². The molecule has 0 aromatic carbocycles. The van der Waals surface area contributed by atoms with Crippen LogP contribution in [0.4, 0.5) is 0 Å². The second-order valence-electron chi connectivity index (χ2n) is 2.28. The summed E-state index contributed by atoms with van der Waals surface area (Å²) in [5, 5.41) is 9.37. The Kier molecular flexibility index (Phi) is 3.38. The maximum absolute atomic E-state index is 8.30. The average molecular weight is 199 g/mol. The molecular weight excluding hydrogens is 190 g/mol. The molecule has 0 saturated carbocycles. The number of rotatable bonds is 2. The van der Waals surface area contributed by atoms with E-state index in [-0.39, 0.29) is 10.7 Å². The lowest BCUT2D eigenvalue weighted by Gasteiger charge is -1.92. The van der Waals surface area contributed by atoms with Crippen molar-refractivity contribution < 1.29 is 0 Å². The highest BCUT2D eigenvalue weighted by molar-refractivity contribution is 7.86. The van der Waals surface area contributed by atoms with E-state index in [0.29, 0.717) is 0 Å². The van der Waals surface area contributed by atoms with E-state index in [1.54, 1.807) is 11.3 Å². The van der Waals surface area contributed by atoms with Gasteiger partial charge in [0, 0.05) is 16.8 Å². The molecule has 0 bridgehead atoms. The highest BCUT2D eigenvalue weighted by Gasteiger charge is 1.98. The molecule has 1 aromatic heterocycles. The van der Waals surface area contributed by atoms with Crippen LogP contribution in [-0.2, 0) is 16.4 Å². The Balaban J connectivity index is 2.65. The van der Waals surface area contributed by atoms with E-state index in [0.717, 1.165) is 10.8 Å². The zero-order valence-corrected chi connectivity index (χ0v) is 8.58. The lowest BCUT2D eigenvalue weighted by atomic mass is 10.6. The third kappa shape index (κ3) is 2.72. The SMILES string of the molecule is Cc1ncc(C/S(C)=N/C#N)s1. The van der Waals surface area contributed by atoms with Crippen molar-refractivity contribution in [2.24, 2.45) is 4.36 Å². The molecule has 0 radical (unpaired) electrons. The van der Waals surface area contributed by atoms with E-state index < -0.39 is 0 Å². The van der Waals surface area contributed by atoms with Crippen molar-refractivity contribution >= 4 is 22.0 Å². The second kappa shape index (κ2) is 4.33. The van der Waals surface area contributed by atoms with Crippen LogP contribution in [0.15, 0.2) is 10.6 Å². The van der Waals surface area contributed by atoms with Gasteiger partial charge in [-0.05, 0) is 13.2 Å². The van der Waals surface area contributed by atoms with Gasteiger partial charge >= 0.3 is 0 Å². The highest BCUT2D eigenvalue weighted by atomic mass is 32.2. The van der Waals surface area contributed by atoms with Crippen LogP contribution in [0.25, 0.3) is 0 Å². The summed E-state index contributed by atoms with van der Waals surface area (Å²) in [5.41, 5.74) is 0. The zero-order chi connectivity index (χ0) is 8.97. The maximum atomic E-state index is 8.30. The Labute approximate surface area is 78.2 Å². The second-order valence-corrected chi connectivity index (χ2v) is 5.27. The first-order chi connectivity index (χ1) is 5.72. The minimum absolute atomic E-state index is 0.173. The predicted octanol–water partition coefficient (Wildman–Crippen LogP) is 1.86. The van der Waals surface area contributed by atoms with Crippen molar-refractivity contribution in [3.05, 3.63) is 16.1 Å². The van der Waals surface area contributed by atoms with Gasteiger partial charge in [0.1, 0.15) is 0 Å². The molecule has 1 unspecified atom stereocenters. The lowest BCUT2D eigenvalue weighted by molar-refractivity contribution is 1.28. The van der Waals surface area contributed by atoms with Gasteiger partial charge in [-0.25, -0.2) is 4.98 Å². The molecule has 64 valence electrons. The van der Waals surface area contributed by atoms with Gasteiger partial charge < -0.3 is 0 Å². The third-order valence-electron chi connectivity index (χ3n) is 1.22. The lowest BCUT2D eigenvalue weighted by Crippen LogP contribution is -1.87. The molecule has 0 aliphatic rings. The first-order valence-corrected chi connectivity index (χ1v) is 5.93. The summed E-state index contributed by atoms with van der Waals surface area (Å²) >= 11 is 1.67. The summed E-state index contributed by atoms with van der Waals surface area (Å²) in [5.74, 6) is 0.846. The topological polar surface area (TPSA) is 49.0 Å². The summed E-state index contributed by atoms with van der Waals surface area (Å²) in [6.07, 6.45) is 5.63. The molecule has 0 aliphatic carbocycles. The van der Waals surface area contributed by atoms with Gasteiger partial charge in [-0.15, -0.1) is 11.3 Å². The summed E-state index contributed by atoms with van der Waals surface area (Å²) in [6, 6.07) is 0. The molecule has 0 aliphatic heterocycles. The van der Waals surface area contributed by atoms with E-state index in [2.05, 4.69) is 9.35 Å². The van der Waals surface area contributed by atoms with E-state index >= 15 is 0 Å². The molecule has 3 nitrogen and oxygen atoms in total. The van der Waals surface area contributed by atoms with Crippen LogP contribution in [0.3, 0.4) is 0 Å². The fourth-order valence-corrected chi connectivity index (χ4v) is 2.81. The van der Waals surface area contributed by atoms with Crippen LogP contribution in [0.5, 0.6) is 0 Å². The predicted molar refractivity (Wildman–Crippen MR) is 51.9 cm³/mol. The first-order valence-electron chi connectivity index (χ1n) is 3.36. The standard InChI is InChI=1S/C7H9N3S2/c1-6-9-3-7(11-6)4-12(2)10-5-8/h3H,4H2,1-2H3. The maximum Gasteiger partial charge on any atom is 0.212 e. The van der Waals surface area contributed by atoms with E-state index in [9.17, 15) is 0 Å². The van der Waals surface area contributed by atoms with Gasteiger partial charge in [0.05, 0.1) is 5.01 Å². The van der Waals surface area contributed by atoms with E-state index in [1.807, 2.05) is 25.6 Å². The van der Waals surface area contributed by atoms with Gasteiger partial charge in [-0.2, -0.15) is 9.62 Å². The monoisotopic (exact) mass is 199 g/mol. The number of hydrogen-bond acceptors (Lipinski definition) is 4. The molecule has 1 aromatic rings. The van der Waals surface area contributed by atoms with Gasteiger partial charge in [0.15, 0.2) is 0 Å². The van der Waals surface area contributed by atoms with E-state index in [4.69, 9.17) is 5.26 Å². The van der Waals surface area contributed by atoms with Gasteiger partial charge in [0.2, 0.25) is 6.19 Å². The van der Waals surface area contributed by atoms with Crippen LogP contribution >= 0.6 is 11.3 Å². The number of aryl methyl sites for hydroxylation is 1. The zero-order valence-electron chi connectivity index (χ0n) is 6.94. The van der Waals surface area contributed by atoms with Crippen LogP contribution in [0.2, 0.25) is 0 Å². The first kappa shape index (κ1) is 9.36. The minimum atomic E-state index is -0.173. The molecule has 0 spiro atoms. The fourth-order valence-electron chi connectivity index (χ4n) is 0.780. The normalized spacial score (nSPS) is 12.8. The molecule has 1 atom stereocenters. The Morgan fingerprint density at radius 2 is 2.58 bits per heavy atom. The van der Waals surface area contributed by atoms with Gasteiger partial charge in [-0.1, -0.05) is 10.7 Å². The number of nitrogens with zero attached hydrogens (tertiary/aromatic N) is 3. The number of aromatic nitrogens is 1. The van der Waals surface area contributed by atoms with Crippen molar-refractivity contribution in [1.29, 1.82) is 5.26 Å². The molecule has 1 heterocycles. The Morgan fingerprint density at radius 1 is 1.83 bits per heavy atom. The van der Waals surface area contributed by atoms with Crippen molar-refractivity contribution in [2.75, 3.05) is 6.26 Å². The van der Waals surface area contributed by atoms with Crippen molar-refractivity contribution in [3.63, 3.8) is 0 Å². The largest absolute Gasteiger partial charge is 0.250 e. The quantitative estimate of drug-likeness (QED) is 0.683. The number of hydrogen-bond donors (Lipinski definition) is 0.